The second-order valence-electron chi connectivity index (χ2n) is 7.29. The fourth-order valence-corrected chi connectivity index (χ4v) is 5.09. The standard InChI is InChI=1S/C23H21N5OS2/c1-14-22(15-7-3-4-8-16(15)24-14)18-12-31-23(26-18)27-21(29)11-28-19-10-6-5-9-17(19)25-20(28)13-30-2/h3-10,12,24H,11,13H2,1-2H3,(H,26,27,29). The number of aryl methyl sites for hydroxylation is 1. The summed E-state index contributed by atoms with van der Waals surface area (Å²) in [6, 6.07) is 16.1. The number of anilines is 1. The van der Waals surface area contributed by atoms with Crippen LogP contribution >= 0.6 is 23.1 Å². The molecule has 3 heterocycles. The van der Waals surface area contributed by atoms with Crippen LogP contribution in [-0.2, 0) is 17.1 Å². The maximum Gasteiger partial charge on any atom is 0.246 e. The lowest BCUT2D eigenvalue weighted by Crippen LogP contribution is -2.20. The van der Waals surface area contributed by atoms with Crippen LogP contribution in [0.2, 0.25) is 0 Å². The fourth-order valence-electron chi connectivity index (χ4n) is 3.90. The van der Waals surface area contributed by atoms with E-state index in [9.17, 15) is 4.79 Å². The van der Waals surface area contributed by atoms with Crippen molar-refractivity contribution in [2.24, 2.45) is 0 Å². The maximum atomic E-state index is 12.8. The van der Waals surface area contributed by atoms with Crippen LogP contribution in [0.3, 0.4) is 0 Å². The number of H-pyrrole nitrogens is 1. The molecule has 6 nitrogen and oxygen atoms in total. The molecule has 0 radical (unpaired) electrons. The molecule has 0 bridgehead atoms. The second-order valence-corrected chi connectivity index (χ2v) is 9.02. The van der Waals surface area contributed by atoms with Crippen molar-refractivity contribution in [3.8, 4) is 11.3 Å². The van der Waals surface area contributed by atoms with Gasteiger partial charge >= 0.3 is 0 Å². The van der Waals surface area contributed by atoms with Gasteiger partial charge in [0.2, 0.25) is 5.91 Å². The van der Waals surface area contributed by atoms with Crippen molar-refractivity contribution in [3.63, 3.8) is 0 Å². The van der Waals surface area contributed by atoms with Gasteiger partial charge in [-0.05, 0) is 31.4 Å². The number of benzene rings is 2. The number of fused-ring (bicyclic) bond motifs is 2. The average molecular weight is 448 g/mol. The predicted octanol–water partition coefficient (Wildman–Crippen LogP) is 5.45. The van der Waals surface area contributed by atoms with Crippen LogP contribution in [0.1, 0.15) is 11.5 Å². The Kier molecular flexibility index (Phi) is 5.25. The molecule has 0 unspecified atom stereocenters. The Bertz CT molecular complexity index is 1400. The summed E-state index contributed by atoms with van der Waals surface area (Å²) in [5, 5.41) is 6.69. The topological polar surface area (TPSA) is 75.6 Å². The summed E-state index contributed by atoms with van der Waals surface area (Å²) in [5.74, 6) is 1.54. The number of aromatic nitrogens is 4. The zero-order valence-corrected chi connectivity index (χ0v) is 18.8. The number of nitrogens with one attached hydrogen (secondary N) is 2. The molecule has 2 N–H and O–H groups in total. The molecule has 156 valence electrons. The Labute approximate surface area is 187 Å². The lowest BCUT2D eigenvalue weighted by molar-refractivity contribution is -0.116. The molecule has 3 aromatic heterocycles. The molecule has 0 spiro atoms. The van der Waals surface area contributed by atoms with Gasteiger partial charge in [-0.15, -0.1) is 11.3 Å². The number of thiazole rings is 1. The highest BCUT2D eigenvalue weighted by Gasteiger charge is 2.16. The van der Waals surface area contributed by atoms with Crippen LogP contribution in [0.4, 0.5) is 5.13 Å². The van der Waals surface area contributed by atoms with Gasteiger partial charge in [0.15, 0.2) is 5.13 Å². The summed E-state index contributed by atoms with van der Waals surface area (Å²) in [6.45, 7) is 2.25. The molecule has 0 aliphatic rings. The van der Waals surface area contributed by atoms with Gasteiger partial charge in [0.05, 0.1) is 22.5 Å². The highest BCUT2D eigenvalue weighted by molar-refractivity contribution is 7.97. The minimum atomic E-state index is -0.109. The maximum absolute atomic E-state index is 12.8. The van der Waals surface area contributed by atoms with Gasteiger partial charge < -0.3 is 14.9 Å². The molecular weight excluding hydrogens is 426 g/mol. The zero-order chi connectivity index (χ0) is 21.4. The van der Waals surface area contributed by atoms with E-state index in [1.54, 1.807) is 11.8 Å². The zero-order valence-electron chi connectivity index (χ0n) is 17.2. The lowest BCUT2D eigenvalue weighted by atomic mass is 10.1. The summed E-state index contributed by atoms with van der Waals surface area (Å²) in [4.78, 5) is 25.6. The smallest absolute Gasteiger partial charge is 0.246 e. The molecule has 5 rings (SSSR count). The van der Waals surface area contributed by atoms with E-state index in [0.29, 0.717) is 5.13 Å². The number of amides is 1. The number of imidazole rings is 1. The van der Waals surface area contributed by atoms with Crippen LogP contribution in [0.15, 0.2) is 53.9 Å². The van der Waals surface area contributed by atoms with Crippen molar-refractivity contribution < 1.29 is 4.79 Å². The van der Waals surface area contributed by atoms with Crippen molar-refractivity contribution >= 4 is 56.1 Å². The first-order chi connectivity index (χ1) is 15.1. The SMILES string of the molecule is CSCc1nc2ccccc2n1CC(=O)Nc1nc(-c2c(C)[nH]c3ccccc23)cs1. The fraction of sp³-hybridized carbons (Fsp3) is 0.174. The molecule has 0 aliphatic heterocycles. The van der Waals surface area contributed by atoms with E-state index in [0.717, 1.165) is 50.5 Å². The number of thioether (sulfide) groups is 1. The number of hydrogen-bond donors (Lipinski definition) is 2. The highest BCUT2D eigenvalue weighted by atomic mass is 32.2. The van der Waals surface area contributed by atoms with Crippen LogP contribution in [-0.4, -0.2) is 31.7 Å². The first kappa shape index (κ1) is 19.8. The quantitative estimate of drug-likeness (QED) is 0.363. The number of carbonyl (C=O) groups is 1. The van der Waals surface area contributed by atoms with Gasteiger partial charge in [-0.1, -0.05) is 30.3 Å². The summed E-state index contributed by atoms with van der Waals surface area (Å²) >= 11 is 3.13. The summed E-state index contributed by atoms with van der Waals surface area (Å²) in [6.07, 6.45) is 2.04. The monoisotopic (exact) mass is 447 g/mol. The highest BCUT2D eigenvalue weighted by Crippen LogP contribution is 2.33. The normalized spacial score (nSPS) is 11.4. The third kappa shape index (κ3) is 3.73. The number of aromatic amines is 1. The van der Waals surface area contributed by atoms with Crippen molar-refractivity contribution in [1.82, 2.24) is 19.5 Å². The van der Waals surface area contributed by atoms with E-state index in [-0.39, 0.29) is 12.5 Å². The number of para-hydroxylation sites is 3. The third-order valence-electron chi connectivity index (χ3n) is 5.21. The van der Waals surface area contributed by atoms with Crippen molar-refractivity contribution in [2.75, 3.05) is 11.6 Å². The largest absolute Gasteiger partial charge is 0.358 e. The van der Waals surface area contributed by atoms with Gasteiger partial charge in [-0.25, -0.2) is 9.97 Å². The predicted molar refractivity (Wildman–Crippen MR) is 130 cm³/mol. The minimum absolute atomic E-state index is 0.109. The Morgan fingerprint density at radius 2 is 1.97 bits per heavy atom. The summed E-state index contributed by atoms with van der Waals surface area (Å²) in [5.41, 5.74) is 5.97. The molecule has 2 aromatic carbocycles. The van der Waals surface area contributed by atoms with Gasteiger partial charge in [0, 0.05) is 27.5 Å². The molecule has 0 atom stereocenters. The van der Waals surface area contributed by atoms with Crippen LogP contribution in [0.5, 0.6) is 0 Å². The van der Waals surface area contributed by atoms with Gasteiger partial charge in [-0.3, -0.25) is 4.79 Å². The lowest BCUT2D eigenvalue weighted by Gasteiger charge is -2.08. The second kappa shape index (κ2) is 8.20. The van der Waals surface area contributed by atoms with E-state index < -0.39 is 0 Å². The van der Waals surface area contributed by atoms with Gasteiger partial charge in [0.25, 0.3) is 0 Å². The molecule has 5 aromatic rings. The Morgan fingerprint density at radius 3 is 2.84 bits per heavy atom. The van der Waals surface area contributed by atoms with Crippen LogP contribution in [0, 0.1) is 6.92 Å². The number of nitrogens with zero attached hydrogens (tertiary/aromatic N) is 3. The van der Waals surface area contributed by atoms with E-state index in [1.165, 1.54) is 11.3 Å². The van der Waals surface area contributed by atoms with Crippen LogP contribution < -0.4 is 5.32 Å². The molecule has 31 heavy (non-hydrogen) atoms. The number of hydrogen-bond acceptors (Lipinski definition) is 5. The van der Waals surface area contributed by atoms with E-state index in [1.807, 2.05) is 59.5 Å². The van der Waals surface area contributed by atoms with E-state index in [2.05, 4.69) is 27.4 Å². The van der Waals surface area contributed by atoms with Crippen molar-refractivity contribution in [2.45, 2.75) is 19.2 Å². The van der Waals surface area contributed by atoms with Gasteiger partial charge in [0.1, 0.15) is 12.4 Å². The van der Waals surface area contributed by atoms with Crippen molar-refractivity contribution in [1.29, 1.82) is 0 Å². The number of rotatable bonds is 6. The Morgan fingerprint density at radius 1 is 1.16 bits per heavy atom. The molecule has 0 saturated carbocycles. The van der Waals surface area contributed by atoms with Crippen molar-refractivity contribution in [3.05, 3.63) is 65.4 Å². The Balaban J connectivity index is 1.39. The van der Waals surface area contributed by atoms with Gasteiger partial charge in [-0.2, -0.15) is 11.8 Å². The summed E-state index contributed by atoms with van der Waals surface area (Å²) < 4.78 is 1.99. The molecule has 0 fully saturated rings. The molecule has 8 heteroatoms. The molecule has 1 amide bonds. The van der Waals surface area contributed by atoms with E-state index >= 15 is 0 Å². The molecule has 0 saturated heterocycles. The average Bonchev–Trinajstić information content (AvgIpc) is 3.44. The number of carbonyl (C=O) groups excluding carboxylic acids is 1. The first-order valence-corrected chi connectivity index (χ1v) is 12.2. The third-order valence-corrected chi connectivity index (χ3v) is 6.51. The molecule has 0 aliphatic carbocycles. The van der Waals surface area contributed by atoms with E-state index in [4.69, 9.17) is 4.98 Å². The van der Waals surface area contributed by atoms with Crippen LogP contribution in [0.25, 0.3) is 33.2 Å². The minimum Gasteiger partial charge on any atom is -0.358 e. The molecular formula is C23H21N5OS2. The first-order valence-electron chi connectivity index (χ1n) is 9.90. The summed E-state index contributed by atoms with van der Waals surface area (Å²) in [7, 11) is 0. The Hall–Kier alpha value is -3.10.